The first-order valence-electron chi connectivity index (χ1n) is 10.2. The average Bonchev–Trinajstić information content (AvgIpc) is 3.22. The fourth-order valence-corrected chi connectivity index (χ4v) is 3.50. The Bertz CT molecular complexity index is 1210. The van der Waals surface area contributed by atoms with E-state index in [2.05, 4.69) is 20.1 Å². The van der Waals surface area contributed by atoms with Crippen LogP contribution in [-0.4, -0.2) is 27.3 Å². The molecule has 32 heavy (non-hydrogen) atoms. The van der Waals surface area contributed by atoms with Gasteiger partial charge in [-0.2, -0.15) is 13.9 Å². The normalized spacial score (nSPS) is 12.3. The smallest absolute Gasteiger partial charge is 0.387 e. The number of carbonyl (C=O) groups excluding carboxylic acids is 1. The van der Waals surface area contributed by atoms with Crippen molar-refractivity contribution in [2.45, 2.75) is 32.5 Å². The van der Waals surface area contributed by atoms with Crippen LogP contribution in [0.3, 0.4) is 0 Å². The van der Waals surface area contributed by atoms with Crippen molar-refractivity contribution in [3.05, 3.63) is 89.7 Å². The first-order valence-corrected chi connectivity index (χ1v) is 10.2. The molecule has 1 N–H and O–H groups in total. The van der Waals surface area contributed by atoms with Gasteiger partial charge in [0.05, 0.1) is 17.8 Å². The van der Waals surface area contributed by atoms with Crippen LogP contribution in [0.2, 0.25) is 0 Å². The maximum Gasteiger partial charge on any atom is 0.387 e. The molecule has 1 amide bonds. The van der Waals surface area contributed by atoms with E-state index in [-0.39, 0.29) is 17.7 Å². The van der Waals surface area contributed by atoms with Crippen LogP contribution < -0.4 is 10.1 Å². The third-order valence-corrected chi connectivity index (χ3v) is 5.03. The lowest BCUT2D eigenvalue weighted by molar-refractivity contribution is -0.0498. The number of rotatable bonds is 7. The molecule has 0 aliphatic carbocycles. The monoisotopic (exact) mass is 436 g/mol. The van der Waals surface area contributed by atoms with Gasteiger partial charge in [0.15, 0.2) is 5.65 Å². The summed E-state index contributed by atoms with van der Waals surface area (Å²) in [5, 5.41) is 8.14. The van der Waals surface area contributed by atoms with E-state index in [0.29, 0.717) is 11.2 Å². The Hall–Kier alpha value is -3.81. The lowest BCUT2D eigenvalue weighted by atomic mass is 9.98. The van der Waals surface area contributed by atoms with Crippen LogP contribution in [0.15, 0.2) is 73.1 Å². The van der Waals surface area contributed by atoms with Gasteiger partial charge in [0.25, 0.3) is 5.91 Å². The summed E-state index contributed by atoms with van der Waals surface area (Å²) in [6.07, 6.45) is 3.22. The minimum absolute atomic E-state index is 0.0544. The maximum absolute atomic E-state index is 13.1. The third-order valence-electron chi connectivity index (χ3n) is 5.03. The summed E-state index contributed by atoms with van der Waals surface area (Å²) in [4.78, 5) is 17.5. The number of fused-ring (bicyclic) bond motifs is 1. The highest BCUT2D eigenvalue weighted by Crippen LogP contribution is 2.26. The van der Waals surface area contributed by atoms with Crippen molar-refractivity contribution in [2.24, 2.45) is 0 Å². The van der Waals surface area contributed by atoms with Gasteiger partial charge in [-0.25, -0.2) is 9.67 Å². The number of ether oxygens (including phenoxy) is 1. The molecule has 1 unspecified atom stereocenters. The van der Waals surface area contributed by atoms with E-state index in [4.69, 9.17) is 0 Å². The van der Waals surface area contributed by atoms with E-state index in [1.807, 2.05) is 44.2 Å². The molecule has 0 bridgehead atoms. The number of alkyl halides is 2. The number of hydrogen-bond donors (Lipinski definition) is 1. The van der Waals surface area contributed by atoms with Gasteiger partial charge in [0.1, 0.15) is 5.75 Å². The Balaban J connectivity index is 1.62. The first-order chi connectivity index (χ1) is 15.4. The molecule has 0 aliphatic rings. The molecular weight excluding hydrogens is 414 g/mol. The predicted octanol–water partition coefficient (Wildman–Crippen LogP) is 5.13. The molecule has 0 radical (unpaired) electrons. The quantitative estimate of drug-likeness (QED) is 0.436. The first kappa shape index (κ1) is 21.4. The summed E-state index contributed by atoms with van der Waals surface area (Å²) in [6.45, 7) is 1.13. The van der Waals surface area contributed by atoms with Crippen LogP contribution >= 0.6 is 0 Å². The number of benzene rings is 2. The fourth-order valence-electron chi connectivity index (χ4n) is 3.50. The highest BCUT2D eigenvalue weighted by Gasteiger charge is 2.19. The average molecular weight is 436 g/mol. The van der Waals surface area contributed by atoms with E-state index in [1.54, 1.807) is 29.1 Å². The molecule has 0 saturated heterocycles. The van der Waals surface area contributed by atoms with Gasteiger partial charge in [-0.1, -0.05) is 42.5 Å². The Labute approximate surface area is 183 Å². The zero-order chi connectivity index (χ0) is 22.7. The summed E-state index contributed by atoms with van der Waals surface area (Å²) in [5.41, 5.74) is 2.70. The Morgan fingerprint density at radius 3 is 2.34 bits per heavy atom. The second-order valence-electron chi connectivity index (χ2n) is 7.58. The summed E-state index contributed by atoms with van der Waals surface area (Å²) >= 11 is 0. The second-order valence-corrected chi connectivity index (χ2v) is 7.58. The SMILES string of the molecule is CC(C)n1ncc2cc(C(=O)NC(c3ccccc3)c3ccc(OC(F)F)cc3)cnc21. The van der Waals surface area contributed by atoms with Crippen molar-refractivity contribution in [3.63, 3.8) is 0 Å². The number of nitrogens with zero attached hydrogens (tertiary/aromatic N) is 3. The van der Waals surface area contributed by atoms with Crippen molar-refractivity contribution < 1.29 is 18.3 Å². The molecule has 2 aromatic heterocycles. The number of carbonyl (C=O) groups is 1. The van der Waals surface area contributed by atoms with Crippen molar-refractivity contribution in [3.8, 4) is 5.75 Å². The zero-order valence-corrected chi connectivity index (χ0v) is 17.6. The number of nitrogens with one attached hydrogen (secondary N) is 1. The summed E-state index contributed by atoms with van der Waals surface area (Å²) in [5.74, 6) is -0.253. The van der Waals surface area contributed by atoms with E-state index in [9.17, 15) is 13.6 Å². The summed E-state index contributed by atoms with van der Waals surface area (Å²) in [6, 6.07) is 17.1. The van der Waals surface area contributed by atoms with Gasteiger partial charge in [-0.15, -0.1) is 0 Å². The molecular formula is C24H22F2N4O2. The van der Waals surface area contributed by atoms with E-state index in [1.165, 1.54) is 18.3 Å². The van der Waals surface area contributed by atoms with E-state index in [0.717, 1.165) is 16.5 Å². The summed E-state index contributed by atoms with van der Waals surface area (Å²) < 4.78 is 31.2. The van der Waals surface area contributed by atoms with Gasteiger partial charge in [0, 0.05) is 17.6 Å². The standard InChI is InChI=1S/C24H22F2N4O2/c1-15(2)30-22-18(14-28-30)12-19(13-27-22)23(31)29-21(16-6-4-3-5-7-16)17-8-10-20(11-9-17)32-24(25)26/h3-15,21,24H,1-2H3,(H,29,31). The van der Waals surface area contributed by atoms with Gasteiger partial charge in [-0.05, 0) is 43.2 Å². The van der Waals surface area contributed by atoms with E-state index < -0.39 is 12.7 Å². The van der Waals surface area contributed by atoms with Gasteiger partial charge in [-0.3, -0.25) is 4.79 Å². The topological polar surface area (TPSA) is 69.0 Å². The number of amides is 1. The minimum Gasteiger partial charge on any atom is -0.435 e. The van der Waals surface area contributed by atoms with Crippen LogP contribution in [0.25, 0.3) is 11.0 Å². The molecule has 4 rings (SSSR count). The molecule has 0 fully saturated rings. The van der Waals surface area contributed by atoms with Gasteiger partial charge in [0.2, 0.25) is 0 Å². The number of pyridine rings is 1. The fraction of sp³-hybridized carbons (Fsp3) is 0.208. The molecule has 8 heteroatoms. The molecule has 0 spiro atoms. The molecule has 0 saturated carbocycles. The minimum atomic E-state index is -2.90. The molecule has 2 heterocycles. The number of halogens is 2. The molecule has 6 nitrogen and oxygen atoms in total. The van der Waals surface area contributed by atoms with Crippen molar-refractivity contribution in [1.29, 1.82) is 0 Å². The maximum atomic E-state index is 13.1. The Morgan fingerprint density at radius 1 is 1.00 bits per heavy atom. The second kappa shape index (κ2) is 9.13. The molecule has 1 atom stereocenters. The molecule has 164 valence electrons. The lowest BCUT2D eigenvalue weighted by Gasteiger charge is -2.20. The van der Waals surface area contributed by atoms with Gasteiger partial charge >= 0.3 is 6.61 Å². The van der Waals surface area contributed by atoms with E-state index >= 15 is 0 Å². The largest absolute Gasteiger partial charge is 0.435 e. The van der Waals surface area contributed by atoms with Crippen LogP contribution in [0, 0.1) is 0 Å². The van der Waals surface area contributed by atoms with Crippen molar-refractivity contribution in [2.75, 3.05) is 0 Å². The highest BCUT2D eigenvalue weighted by atomic mass is 19.3. The van der Waals surface area contributed by atoms with Gasteiger partial charge < -0.3 is 10.1 Å². The predicted molar refractivity (Wildman–Crippen MR) is 117 cm³/mol. The molecule has 2 aromatic carbocycles. The van der Waals surface area contributed by atoms with Crippen LogP contribution in [0.4, 0.5) is 8.78 Å². The Morgan fingerprint density at radius 2 is 1.69 bits per heavy atom. The van der Waals surface area contributed by atoms with Crippen molar-refractivity contribution in [1.82, 2.24) is 20.1 Å². The lowest BCUT2D eigenvalue weighted by Crippen LogP contribution is -2.29. The number of aromatic nitrogens is 3. The Kier molecular flexibility index (Phi) is 6.11. The third kappa shape index (κ3) is 4.59. The van der Waals surface area contributed by atoms with Crippen molar-refractivity contribution >= 4 is 16.9 Å². The van der Waals surface area contributed by atoms with Crippen LogP contribution in [0.5, 0.6) is 5.75 Å². The zero-order valence-electron chi connectivity index (χ0n) is 17.6. The highest BCUT2D eigenvalue weighted by molar-refractivity contribution is 5.97. The molecule has 0 aliphatic heterocycles. The number of hydrogen-bond acceptors (Lipinski definition) is 4. The van der Waals surface area contributed by atoms with Crippen LogP contribution in [0.1, 0.15) is 47.4 Å². The summed E-state index contributed by atoms with van der Waals surface area (Å²) in [7, 11) is 0. The molecule has 4 aromatic rings. The van der Waals surface area contributed by atoms with Crippen LogP contribution in [-0.2, 0) is 0 Å².